The van der Waals surface area contributed by atoms with Crippen LogP contribution in [-0.2, 0) is 6.54 Å². The van der Waals surface area contributed by atoms with Crippen LogP contribution in [-0.4, -0.2) is 48.1 Å². The van der Waals surface area contributed by atoms with E-state index >= 15 is 0 Å². The average Bonchev–Trinajstić information content (AvgIpc) is 3.58. The van der Waals surface area contributed by atoms with Gasteiger partial charge in [0.15, 0.2) is 5.69 Å². The van der Waals surface area contributed by atoms with E-state index in [1.165, 1.54) is 16.3 Å². The molecule has 1 saturated heterocycles. The molecule has 0 N–H and O–H groups in total. The second-order valence-electron chi connectivity index (χ2n) is 8.65. The van der Waals surface area contributed by atoms with E-state index in [9.17, 15) is 4.39 Å². The van der Waals surface area contributed by atoms with Gasteiger partial charge in [0.1, 0.15) is 17.2 Å². The standard InChI is InChI=1S/C27H23FN7O/c28-22-6-2-3-7-23(22)35-25(20-12-14-29-15-13-20)24(31-33-35)27-30-26(32-36-27)21-10-8-19(9-11-21)18-34-16-4-1-5-17-34/h1-3,6-15H,4-5,16-18H2. The van der Waals surface area contributed by atoms with Crippen LogP contribution in [0, 0.1) is 12.2 Å². The van der Waals surface area contributed by atoms with Crippen molar-refractivity contribution in [2.75, 3.05) is 13.1 Å². The van der Waals surface area contributed by atoms with Gasteiger partial charge in [-0.05, 0) is 62.2 Å². The summed E-state index contributed by atoms with van der Waals surface area (Å²) < 4.78 is 21.7. The predicted octanol–water partition coefficient (Wildman–Crippen LogP) is 4.99. The third-order valence-corrected chi connectivity index (χ3v) is 6.25. The number of pyridine rings is 1. The zero-order valence-electron chi connectivity index (χ0n) is 19.5. The van der Waals surface area contributed by atoms with Crippen LogP contribution in [0.4, 0.5) is 4.39 Å². The van der Waals surface area contributed by atoms with E-state index in [1.54, 1.807) is 42.7 Å². The van der Waals surface area contributed by atoms with Gasteiger partial charge in [-0.3, -0.25) is 9.88 Å². The van der Waals surface area contributed by atoms with Crippen LogP contribution in [0.15, 0.2) is 77.6 Å². The Labute approximate surface area is 207 Å². The summed E-state index contributed by atoms with van der Waals surface area (Å²) in [7, 11) is 0. The van der Waals surface area contributed by atoms with E-state index in [0.717, 1.165) is 43.6 Å². The fraction of sp³-hybridized carbons (Fsp3) is 0.185. The highest BCUT2D eigenvalue weighted by molar-refractivity contribution is 5.76. The van der Waals surface area contributed by atoms with Gasteiger partial charge in [-0.2, -0.15) is 4.98 Å². The molecule has 1 radical (unpaired) electrons. The zero-order valence-corrected chi connectivity index (χ0v) is 19.5. The first-order valence-electron chi connectivity index (χ1n) is 11.8. The summed E-state index contributed by atoms with van der Waals surface area (Å²) in [5.74, 6) is 0.233. The minimum atomic E-state index is -0.418. The van der Waals surface area contributed by atoms with E-state index in [1.807, 2.05) is 12.1 Å². The summed E-state index contributed by atoms with van der Waals surface area (Å²) in [5, 5.41) is 12.7. The smallest absolute Gasteiger partial charge is 0.281 e. The maximum absolute atomic E-state index is 14.6. The van der Waals surface area contributed by atoms with Crippen LogP contribution < -0.4 is 0 Å². The van der Waals surface area contributed by atoms with Crippen LogP contribution >= 0.6 is 0 Å². The van der Waals surface area contributed by atoms with Gasteiger partial charge in [-0.1, -0.05) is 46.8 Å². The number of hydrogen-bond donors (Lipinski definition) is 0. The van der Waals surface area contributed by atoms with Crippen LogP contribution in [0.5, 0.6) is 0 Å². The number of halogens is 1. The molecule has 0 bridgehead atoms. The topological polar surface area (TPSA) is 85.8 Å². The number of likely N-dealkylation sites (tertiary alicyclic amines) is 1. The molecule has 9 heteroatoms. The SMILES string of the molecule is Fc1ccccc1-n1nnc(-c2nc(-c3ccc(CN4CC[CH]CC4)cc3)no2)c1-c1ccncc1. The van der Waals surface area contributed by atoms with E-state index in [2.05, 4.69) is 48.9 Å². The molecular formula is C27H23FN7O. The van der Waals surface area contributed by atoms with Crippen LogP contribution in [0.2, 0.25) is 0 Å². The number of aromatic nitrogens is 6. The number of benzene rings is 2. The normalized spacial score (nSPS) is 14.2. The summed E-state index contributed by atoms with van der Waals surface area (Å²) in [4.78, 5) is 11.1. The molecule has 1 aliphatic heterocycles. The van der Waals surface area contributed by atoms with Crippen molar-refractivity contribution in [3.05, 3.63) is 90.9 Å². The number of para-hydroxylation sites is 1. The van der Waals surface area contributed by atoms with Crippen molar-refractivity contribution in [3.8, 4) is 39.9 Å². The monoisotopic (exact) mass is 480 g/mol. The van der Waals surface area contributed by atoms with Gasteiger partial charge in [0.05, 0.1) is 0 Å². The Morgan fingerprint density at radius 1 is 0.889 bits per heavy atom. The predicted molar refractivity (Wildman–Crippen MR) is 132 cm³/mol. The molecular weight excluding hydrogens is 457 g/mol. The number of hydrogen-bond acceptors (Lipinski definition) is 7. The van der Waals surface area contributed by atoms with E-state index in [4.69, 9.17) is 4.52 Å². The molecule has 1 aliphatic rings. The van der Waals surface area contributed by atoms with Gasteiger partial charge in [-0.15, -0.1) is 5.10 Å². The number of rotatable bonds is 6. The number of piperidine rings is 1. The van der Waals surface area contributed by atoms with Gasteiger partial charge in [0, 0.05) is 30.1 Å². The lowest BCUT2D eigenvalue weighted by atomic mass is 10.1. The Hall–Kier alpha value is -4.24. The largest absolute Gasteiger partial charge is 0.332 e. The summed E-state index contributed by atoms with van der Waals surface area (Å²) in [6.07, 6.45) is 7.95. The van der Waals surface area contributed by atoms with E-state index < -0.39 is 5.82 Å². The van der Waals surface area contributed by atoms with Gasteiger partial charge in [0.25, 0.3) is 5.89 Å². The van der Waals surface area contributed by atoms with Gasteiger partial charge in [-0.25, -0.2) is 9.07 Å². The van der Waals surface area contributed by atoms with E-state index in [0.29, 0.717) is 17.2 Å². The molecule has 3 aromatic heterocycles. The molecule has 0 unspecified atom stereocenters. The molecule has 0 amide bonds. The second kappa shape index (κ2) is 9.79. The lowest BCUT2D eigenvalue weighted by Crippen LogP contribution is -2.29. The molecule has 0 aliphatic carbocycles. The molecule has 2 aromatic carbocycles. The molecule has 0 saturated carbocycles. The van der Waals surface area contributed by atoms with Crippen LogP contribution in [0.25, 0.3) is 39.9 Å². The van der Waals surface area contributed by atoms with E-state index in [-0.39, 0.29) is 11.6 Å². The Kier molecular flexibility index (Phi) is 6.05. The maximum atomic E-state index is 14.6. The molecule has 8 nitrogen and oxygen atoms in total. The summed E-state index contributed by atoms with van der Waals surface area (Å²) >= 11 is 0. The minimum absolute atomic E-state index is 0.202. The third kappa shape index (κ3) is 4.40. The molecule has 4 heterocycles. The first kappa shape index (κ1) is 22.2. The summed E-state index contributed by atoms with van der Waals surface area (Å²) in [6.45, 7) is 3.13. The Balaban J connectivity index is 1.32. The Morgan fingerprint density at radius 2 is 1.67 bits per heavy atom. The van der Waals surface area contributed by atoms with Gasteiger partial charge < -0.3 is 4.52 Å². The number of nitrogens with zero attached hydrogens (tertiary/aromatic N) is 7. The highest BCUT2D eigenvalue weighted by Gasteiger charge is 2.24. The van der Waals surface area contributed by atoms with Crippen molar-refractivity contribution >= 4 is 0 Å². The molecule has 6 rings (SSSR count). The molecule has 0 spiro atoms. The summed E-state index contributed by atoms with van der Waals surface area (Å²) in [6, 6.07) is 18.2. The summed E-state index contributed by atoms with van der Waals surface area (Å²) in [5.41, 5.74) is 4.00. The van der Waals surface area contributed by atoms with Crippen molar-refractivity contribution in [1.82, 2.24) is 35.0 Å². The Morgan fingerprint density at radius 3 is 2.44 bits per heavy atom. The van der Waals surface area contributed by atoms with Crippen molar-refractivity contribution in [3.63, 3.8) is 0 Å². The molecule has 1 fully saturated rings. The fourth-order valence-corrected chi connectivity index (χ4v) is 4.40. The first-order valence-corrected chi connectivity index (χ1v) is 11.8. The fourth-order valence-electron chi connectivity index (χ4n) is 4.40. The second-order valence-corrected chi connectivity index (χ2v) is 8.65. The van der Waals surface area contributed by atoms with Crippen molar-refractivity contribution in [2.24, 2.45) is 0 Å². The minimum Gasteiger partial charge on any atom is -0.332 e. The molecule has 5 aromatic rings. The quantitative estimate of drug-likeness (QED) is 0.339. The van der Waals surface area contributed by atoms with Crippen molar-refractivity contribution in [1.29, 1.82) is 0 Å². The zero-order chi connectivity index (χ0) is 24.3. The molecule has 36 heavy (non-hydrogen) atoms. The highest BCUT2D eigenvalue weighted by atomic mass is 19.1. The lowest BCUT2D eigenvalue weighted by molar-refractivity contribution is 0.246. The lowest BCUT2D eigenvalue weighted by Gasteiger charge is -2.26. The average molecular weight is 481 g/mol. The third-order valence-electron chi connectivity index (χ3n) is 6.25. The first-order chi connectivity index (χ1) is 17.8. The molecule has 0 atom stereocenters. The van der Waals surface area contributed by atoms with Crippen LogP contribution in [0.1, 0.15) is 18.4 Å². The maximum Gasteiger partial charge on any atom is 0.281 e. The molecule has 179 valence electrons. The van der Waals surface area contributed by atoms with Crippen molar-refractivity contribution < 1.29 is 8.91 Å². The van der Waals surface area contributed by atoms with Crippen molar-refractivity contribution in [2.45, 2.75) is 19.4 Å². The highest BCUT2D eigenvalue weighted by Crippen LogP contribution is 2.32. The Bertz CT molecular complexity index is 1460. The van der Waals surface area contributed by atoms with Gasteiger partial charge in [0.2, 0.25) is 5.82 Å². The van der Waals surface area contributed by atoms with Crippen LogP contribution in [0.3, 0.4) is 0 Å². The van der Waals surface area contributed by atoms with Gasteiger partial charge >= 0.3 is 0 Å².